The summed E-state index contributed by atoms with van der Waals surface area (Å²) in [7, 11) is 1.72. The second-order valence-corrected chi connectivity index (χ2v) is 4.78. The van der Waals surface area contributed by atoms with Gasteiger partial charge >= 0.3 is 0 Å². The van der Waals surface area contributed by atoms with Crippen LogP contribution in [-0.2, 0) is 0 Å². The second-order valence-electron chi connectivity index (χ2n) is 3.99. The van der Waals surface area contributed by atoms with Crippen molar-refractivity contribution in [2.24, 2.45) is 0 Å². The Hall–Kier alpha value is -1.68. The van der Waals surface area contributed by atoms with Gasteiger partial charge in [-0.2, -0.15) is 0 Å². The largest absolute Gasteiger partial charge is 0.296 e. The van der Waals surface area contributed by atoms with E-state index in [9.17, 15) is 4.79 Å². The first-order valence-corrected chi connectivity index (χ1v) is 6.35. The van der Waals surface area contributed by atoms with E-state index in [2.05, 4.69) is 20.9 Å². The van der Waals surface area contributed by atoms with Crippen LogP contribution in [0.15, 0.2) is 47.1 Å². The molecule has 2 rings (SSSR count). The van der Waals surface area contributed by atoms with Crippen LogP contribution in [0, 0.1) is 6.92 Å². The zero-order valence-corrected chi connectivity index (χ0v) is 11.8. The van der Waals surface area contributed by atoms with Crippen molar-refractivity contribution >= 4 is 27.7 Å². The van der Waals surface area contributed by atoms with Crippen LogP contribution in [0.25, 0.3) is 0 Å². The number of hydrogen-bond donors (Lipinski definition) is 0. The predicted molar refractivity (Wildman–Crippen MR) is 75.8 cm³/mol. The van der Waals surface area contributed by atoms with Crippen LogP contribution >= 0.6 is 15.9 Å². The van der Waals surface area contributed by atoms with Crippen LogP contribution in [0.2, 0.25) is 0 Å². The van der Waals surface area contributed by atoms with Crippen molar-refractivity contribution in [2.45, 2.75) is 6.92 Å². The molecule has 0 spiro atoms. The van der Waals surface area contributed by atoms with E-state index in [1.165, 1.54) is 0 Å². The molecule has 0 saturated carbocycles. The lowest BCUT2D eigenvalue weighted by molar-refractivity contribution is 0.0991. The second kappa shape index (κ2) is 5.31. The van der Waals surface area contributed by atoms with Gasteiger partial charge in [-0.1, -0.05) is 18.2 Å². The summed E-state index contributed by atoms with van der Waals surface area (Å²) in [6.45, 7) is 1.96. The molecule has 0 N–H and O–H groups in total. The fraction of sp³-hybridized carbons (Fsp3) is 0.143. The summed E-state index contributed by atoms with van der Waals surface area (Å²) in [5, 5.41) is 0. The number of anilines is 1. The minimum Gasteiger partial charge on any atom is -0.296 e. The molecule has 0 aliphatic carbocycles. The molecular formula is C14H13BrN2O. The van der Waals surface area contributed by atoms with Crippen molar-refractivity contribution in [1.82, 2.24) is 4.98 Å². The molecule has 0 unspecified atom stereocenters. The lowest BCUT2D eigenvalue weighted by atomic mass is 10.1. The Morgan fingerprint density at radius 2 is 2.00 bits per heavy atom. The van der Waals surface area contributed by atoms with Gasteiger partial charge in [0.1, 0.15) is 5.82 Å². The van der Waals surface area contributed by atoms with Crippen LogP contribution in [0.5, 0.6) is 0 Å². The first-order valence-electron chi connectivity index (χ1n) is 5.55. The topological polar surface area (TPSA) is 33.2 Å². The van der Waals surface area contributed by atoms with Crippen LogP contribution < -0.4 is 4.90 Å². The van der Waals surface area contributed by atoms with E-state index in [4.69, 9.17) is 0 Å². The standard InChI is InChI=1S/C14H13BrN2O/c1-10-6-5-7-11(13(10)15)14(18)17(2)12-8-3-4-9-16-12/h3-9H,1-2H3. The van der Waals surface area contributed by atoms with Crippen molar-refractivity contribution in [3.05, 3.63) is 58.2 Å². The number of rotatable bonds is 2. The van der Waals surface area contributed by atoms with Gasteiger partial charge in [-0.3, -0.25) is 9.69 Å². The van der Waals surface area contributed by atoms with Crippen LogP contribution in [0.4, 0.5) is 5.82 Å². The molecule has 0 saturated heterocycles. The number of aromatic nitrogens is 1. The predicted octanol–water partition coefficient (Wildman–Crippen LogP) is 3.43. The highest BCUT2D eigenvalue weighted by molar-refractivity contribution is 9.10. The van der Waals surface area contributed by atoms with Crippen molar-refractivity contribution < 1.29 is 4.79 Å². The zero-order valence-electron chi connectivity index (χ0n) is 10.2. The Bertz CT molecular complexity index is 569. The van der Waals surface area contributed by atoms with Gasteiger partial charge in [-0.15, -0.1) is 0 Å². The molecule has 1 aromatic heterocycles. The van der Waals surface area contributed by atoms with Crippen LogP contribution in [0.1, 0.15) is 15.9 Å². The molecular weight excluding hydrogens is 292 g/mol. The third-order valence-corrected chi connectivity index (χ3v) is 3.77. The number of amides is 1. The molecule has 92 valence electrons. The molecule has 2 aromatic rings. The first kappa shape index (κ1) is 12.8. The quantitative estimate of drug-likeness (QED) is 0.851. The van der Waals surface area contributed by atoms with E-state index in [-0.39, 0.29) is 5.91 Å². The Balaban J connectivity index is 2.35. The number of nitrogens with zero attached hydrogens (tertiary/aromatic N) is 2. The summed E-state index contributed by atoms with van der Waals surface area (Å²) in [6, 6.07) is 11.1. The average Bonchev–Trinajstić information content (AvgIpc) is 2.41. The van der Waals surface area contributed by atoms with Gasteiger partial charge in [0.05, 0.1) is 5.56 Å². The first-order chi connectivity index (χ1) is 8.61. The molecule has 1 amide bonds. The Labute approximate surface area is 115 Å². The molecule has 0 bridgehead atoms. The third-order valence-electron chi connectivity index (χ3n) is 2.72. The van der Waals surface area contributed by atoms with Gasteiger partial charge in [-0.05, 0) is 46.6 Å². The van der Waals surface area contributed by atoms with Gasteiger partial charge in [0.25, 0.3) is 5.91 Å². The molecule has 0 aliphatic rings. The van der Waals surface area contributed by atoms with Crippen molar-refractivity contribution in [1.29, 1.82) is 0 Å². The maximum Gasteiger partial charge on any atom is 0.260 e. The van der Waals surface area contributed by atoms with Crippen LogP contribution in [0.3, 0.4) is 0 Å². The molecule has 0 atom stereocenters. The molecule has 4 heteroatoms. The summed E-state index contributed by atoms with van der Waals surface area (Å²) in [5.74, 6) is 0.556. The van der Waals surface area contributed by atoms with Crippen molar-refractivity contribution in [2.75, 3.05) is 11.9 Å². The van der Waals surface area contributed by atoms with Crippen molar-refractivity contribution in [3.63, 3.8) is 0 Å². The Kier molecular flexibility index (Phi) is 3.77. The number of carbonyl (C=O) groups is 1. The number of carbonyl (C=O) groups excluding carboxylic acids is 1. The van der Waals surface area contributed by atoms with Gasteiger partial charge in [0.2, 0.25) is 0 Å². The summed E-state index contributed by atoms with van der Waals surface area (Å²) >= 11 is 3.45. The number of halogens is 1. The highest BCUT2D eigenvalue weighted by Gasteiger charge is 2.17. The van der Waals surface area contributed by atoms with E-state index < -0.39 is 0 Å². The average molecular weight is 305 g/mol. The smallest absolute Gasteiger partial charge is 0.260 e. The van der Waals surface area contributed by atoms with E-state index in [0.29, 0.717) is 11.4 Å². The minimum atomic E-state index is -0.0794. The summed E-state index contributed by atoms with van der Waals surface area (Å²) in [4.78, 5) is 18.1. The fourth-order valence-electron chi connectivity index (χ4n) is 1.65. The number of aryl methyl sites for hydroxylation is 1. The van der Waals surface area contributed by atoms with Crippen LogP contribution in [-0.4, -0.2) is 17.9 Å². The lowest BCUT2D eigenvalue weighted by Crippen LogP contribution is -2.27. The highest BCUT2D eigenvalue weighted by Crippen LogP contribution is 2.23. The Morgan fingerprint density at radius 3 is 2.67 bits per heavy atom. The van der Waals surface area contributed by atoms with Gasteiger partial charge < -0.3 is 0 Å². The summed E-state index contributed by atoms with van der Waals surface area (Å²) in [5.41, 5.74) is 1.68. The molecule has 1 aromatic carbocycles. The molecule has 18 heavy (non-hydrogen) atoms. The molecule has 0 radical (unpaired) electrons. The normalized spacial score (nSPS) is 10.2. The summed E-state index contributed by atoms with van der Waals surface area (Å²) in [6.07, 6.45) is 1.67. The van der Waals surface area contributed by atoms with Gasteiger partial charge in [-0.25, -0.2) is 4.98 Å². The van der Waals surface area contributed by atoms with E-state index in [0.717, 1.165) is 10.0 Å². The number of benzene rings is 1. The minimum absolute atomic E-state index is 0.0794. The molecule has 3 nitrogen and oxygen atoms in total. The lowest BCUT2D eigenvalue weighted by Gasteiger charge is -2.17. The molecule has 0 fully saturated rings. The van der Waals surface area contributed by atoms with E-state index in [1.807, 2.05) is 37.3 Å². The van der Waals surface area contributed by atoms with Gasteiger partial charge in [0, 0.05) is 17.7 Å². The van der Waals surface area contributed by atoms with Crippen molar-refractivity contribution in [3.8, 4) is 0 Å². The Morgan fingerprint density at radius 1 is 1.22 bits per heavy atom. The molecule has 1 heterocycles. The third kappa shape index (κ3) is 2.43. The summed E-state index contributed by atoms with van der Waals surface area (Å²) < 4.78 is 0.831. The maximum absolute atomic E-state index is 12.4. The number of hydrogen-bond acceptors (Lipinski definition) is 2. The monoisotopic (exact) mass is 304 g/mol. The fourth-order valence-corrected chi connectivity index (χ4v) is 2.08. The SMILES string of the molecule is Cc1cccc(C(=O)N(C)c2ccccn2)c1Br. The van der Waals surface area contributed by atoms with Gasteiger partial charge in [0.15, 0.2) is 0 Å². The molecule has 0 aliphatic heterocycles. The maximum atomic E-state index is 12.4. The van der Waals surface area contributed by atoms with E-state index in [1.54, 1.807) is 24.2 Å². The number of pyridine rings is 1. The highest BCUT2D eigenvalue weighted by atomic mass is 79.9. The zero-order chi connectivity index (χ0) is 13.1. The van der Waals surface area contributed by atoms with E-state index >= 15 is 0 Å².